The minimum atomic E-state index is -0.628. The van der Waals surface area contributed by atoms with Crippen LogP contribution in [0.2, 0.25) is 15.1 Å². The molecule has 1 fully saturated rings. The van der Waals surface area contributed by atoms with Crippen LogP contribution < -0.4 is 5.32 Å². The molecule has 7 heteroatoms. The zero-order valence-corrected chi connectivity index (χ0v) is 19.1. The highest BCUT2D eigenvalue weighted by molar-refractivity contribution is 6.35. The van der Waals surface area contributed by atoms with E-state index in [0.29, 0.717) is 15.1 Å². The van der Waals surface area contributed by atoms with E-state index in [0.717, 1.165) is 36.8 Å². The van der Waals surface area contributed by atoms with Crippen molar-refractivity contribution in [2.45, 2.75) is 57.7 Å². The van der Waals surface area contributed by atoms with E-state index in [1.54, 1.807) is 42.2 Å². The van der Waals surface area contributed by atoms with Crippen molar-refractivity contribution in [3.05, 3.63) is 68.7 Å². The molecule has 160 valence electrons. The van der Waals surface area contributed by atoms with Crippen LogP contribution in [0.3, 0.4) is 0 Å². The molecular formula is C23H25Cl3N2O2. The third-order valence-corrected chi connectivity index (χ3v) is 6.33. The maximum atomic E-state index is 13.2. The molecule has 2 aromatic carbocycles. The lowest BCUT2D eigenvalue weighted by atomic mass is 10.1. The number of nitrogens with zero attached hydrogens (tertiary/aromatic N) is 1. The average molecular weight is 468 g/mol. The van der Waals surface area contributed by atoms with Crippen LogP contribution in [0.5, 0.6) is 0 Å². The smallest absolute Gasteiger partial charge is 0.242 e. The highest BCUT2D eigenvalue weighted by atomic mass is 35.5. The van der Waals surface area contributed by atoms with Crippen LogP contribution >= 0.6 is 34.8 Å². The minimum absolute atomic E-state index is 0.142. The standard InChI is InChI=1S/C23H25Cl3N2O2/c1-15(23(30)27-20-4-2-3-5-20)28(14-17-8-11-19(25)13-21(17)26)22(29)12-16-6-9-18(24)10-7-16/h6-11,13,15,20H,2-5,12,14H2,1H3,(H,27,30)/t15-/m0/s1. The van der Waals surface area contributed by atoms with Gasteiger partial charge in [0.2, 0.25) is 11.8 Å². The van der Waals surface area contributed by atoms with Gasteiger partial charge in [-0.1, -0.05) is 65.8 Å². The molecule has 1 saturated carbocycles. The van der Waals surface area contributed by atoms with Gasteiger partial charge in [0.1, 0.15) is 6.04 Å². The molecule has 1 aliphatic carbocycles. The van der Waals surface area contributed by atoms with Crippen LogP contribution in [-0.2, 0) is 22.6 Å². The monoisotopic (exact) mass is 466 g/mol. The molecule has 0 bridgehead atoms. The first-order valence-electron chi connectivity index (χ1n) is 10.1. The summed E-state index contributed by atoms with van der Waals surface area (Å²) in [6.45, 7) is 1.98. The summed E-state index contributed by atoms with van der Waals surface area (Å²) in [5.41, 5.74) is 1.58. The van der Waals surface area contributed by atoms with E-state index in [-0.39, 0.29) is 30.8 Å². The van der Waals surface area contributed by atoms with Gasteiger partial charge in [-0.15, -0.1) is 0 Å². The van der Waals surface area contributed by atoms with Crippen LogP contribution in [0.1, 0.15) is 43.7 Å². The maximum Gasteiger partial charge on any atom is 0.242 e. The first-order valence-corrected chi connectivity index (χ1v) is 11.2. The number of halogens is 3. The molecule has 1 aliphatic rings. The maximum absolute atomic E-state index is 13.2. The summed E-state index contributed by atoms with van der Waals surface area (Å²) in [7, 11) is 0. The number of benzene rings is 2. The number of amides is 2. The predicted octanol–water partition coefficient (Wildman–Crippen LogP) is 5.67. The molecule has 1 atom stereocenters. The quantitative estimate of drug-likeness (QED) is 0.571. The average Bonchev–Trinajstić information content (AvgIpc) is 3.21. The van der Waals surface area contributed by atoms with Gasteiger partial charge in [0.15, 0.2) is 0 Å². The van der Waals surface area contributed by atoms with Crippen LogP contribution in [0, 0.1) is 0 Å². The van der Waals surface area contributed by atoms with Crippen molar-refractivity contribution in [3.8, 4) is 0 Å². The van der Waals surface area contributed by atoms with Gasteiger partial charge >= 0.3 is 0 Å². The summed E-state index contributed by atoms with van der Waals surface area (Å²) >= 11 is 18.3. The molecule has 0 saturated heterocycles. The molecule has 2 aromatic rings. The van der Waals surface area contributed by atoms with E-state index in [1.165, 1.54) is 0 Å². The van der Waals surface area contributed by atoms with E-state index >= 15 is 0 Å². The van der Waals surface area contributed by atoms with E-state index in [2.05, 4.69) is 5.32 Å². The molecule has 0 aromatic heterocycles. The Morgan fingerprint density at radius 2 is 1.67 bits per heavy atom. The topological polar surface area (TPSA) is 49.4 Å². The molecular weight excluding hydrogens is 443 g/mol. The lowest BCUT2D eigenvalue weighted by molar-refractivity contribution is -0.140. The zero-order valence-electron chi connectivity index (χ0n) is 16.8. The molecule has 1 N–H and O–H groups in total. The van der Waals surface area contributed by atoms with E-state index in [9.17, 15) is 9.59 Å². The lowest BCUT2D eigenvalue weighted by Crippen LogP contribution is -2.50. The number of nitrogens with one attached hydrogen (secondary N) is 1. The summed E-state index contributed by atoms with van der Waals surface area (Å²) in [6.07, 6.45) is 4.39. The van der Waals surface area contributed by atoms with Crippen molar-refractivity contribution in [3.63, 3.8) is 0 Å². The molecule has 0 aliphatic heterocycles. The molecule has 4 nitrogen and oxygen atoms in total. The second-order valence-electron chi connectivity index (χ2n) is 7.73. The molecule has 0 radical (unpaired) electrons. The second kappa shape index (κ2) is 10.5. The molecule has 3 rings (SSSR count). The lowest BCUT2D eigenvalue weighted by Gasteiger charge is -2.30. The second-order valence-corrected chi connectivity index (χ2v) is 9.01. The van der Waals surface area contributed by atoms with Gasteiger partial charge in [-0.25, -0.2) is 0 Å². The SMILES string of the molecule is C[C@@H](C(=O)NC1CCCC1)N(Cc1ccc(Cl)cc1Cl)C(=O)Cc1ccc(Cl)cc1. The van der Waals surface area contributed by atoms with Gasteiger partial charge in [0.25, 0.3) is 0 Å². The molecule has 0 spiro atoms. The van der Waals surface area contributed by atoms with E-state index in [4.69, 9.17) is 34.8 Å². The number of carbonyl (C=O) groups excluding carboxylic acids is 2. The van der Waals surface area contributed by atoms with Crippen molar-refractivity contribution < 1.29 is 9.59 Å². The third-order valence-electron chi connectivity index (χ3n) is 5.49. The van der Waals surface area contributed by atoms with Crippen LogP contribution in [0.15, 0.2) is 42.5 Å². The Morgan fingerprint density at radius 3 is 2.30 bits per heavy atom. The Kier molecular flexibility index (Phi) is 8.04. The highest BCUT2D eigenvalue weighted by Gasteiger charge is 2.29. The van der Waals surface area contributed by atoms with Gasteiger partial charge in [-0.2, -0.15) is 0 Å². The Balaban J connectivity index is 1.79. The first kappa shape index (κ1) is 22.9. The van der Waals surface area contributed by atoms with Gasteiger partial charge in [0, 0.05) is 27.7 Å². The van der Waals surface area contributed by atoms with E-state index in [1.807, 2.05) is 12.1 Å². The van der Waals surface area contributed by atoms with Gasteiger partial charge in [-0.3, -0.25) is 9.59 Å². The fourth-order valence-electron chi connectivity index (χ4n) is 3.69. The van der Waals surface area contributed by atoms with Crippen molar-refractivity contribution in [2.75, 3.05) is 0 Å². The number of hydrogen-bond donors (Lipinski definition) is 1. The largest absolute Gasteiger partial charge is 0.352 e. The summed E-state index contributed by atoms with van der Waals surface area (Å²) < 4.78 is 0. The molecule has 30 heavy (non-hydrogen) atoms. The summed E-state index contributed by atoms with van der Waals surface area (Å²) in [5, 5.41) is 4.69. The number of rotatable bonds is 7. The molecule has 0 heterocycles. The van der Waals surface area contributed by atoms with Crippen molar-refractivity contribution in [1.29, 1.82) is 0 Å². The van der Waals surface area contributed by atoms with Gasteiger partial charge < -0.3 is 10.2 Å². The fourth-order valence-corrected chi connectivity index (χ4v) is 4.28. The van der Waals surface area contributed by atoms with Gasteiger partial charge in [0.05, 0.1) is 6.42 Å². The summed E-state index contributed by atoms with van der Waals surface area (Å²) in [6, 6.07) is 11.9. The number of carbonyl (C=O) groups is 2. The van der Waals surface area contributed by atoms with Crippen LogP contribution in [0.4, 0.5) is 0 Å². The van der Waals surface area contributed by atoms with Gasteiger partial charge in [-0.05, 0) is 55.2 Å². The summed E-state index contributed by atoms with van der Waals surface area (Å²) in [4.78, 5) is 27.7. The molecule has 0 unspecified atom stereocenters. The van der Waals surface area contributed by atoms with Crippen LogP contribution in [0.25, 0.3) is 0 Å². The summed E-state index contributed by atoms with van der Waals surface area (Å²) in [5.74, 6) is -0.297. The minimum Gasteiger partial charge on any atom is -0.352 e. The Bertz CT molecular complexity index is 896. The first-order chi connectivity index (χ1) is 14.3. The molecule has 2 amide bonds. The Labute approximate surface area is 192 Å². The van der Waals surface area contributed by atoms with Crippen molar-refractivity contribution >= 4 is 46.6 Å². The fraction of sp³-hybridized carbons (Fsp3) is 0.391. The normalized spacial score (nSPS) is 15.1. The Hall–Kier alpha value is -1.75. The Morgan fingerprint density at radius 1 is 1.03 bits per heavy atom. The predicted molar refractivity (Wildman–Crippen MR) is 122 cm³/mol. The number of hydrogen-bond acceptors (Lipinski definition) is 2. The zero-order chi connectivity index (χ0) is 21.7. The van der Waals surface area contributed by atoms with E-state index < -0.39 is 6.04 Å². The van der Waals surface area contributed by atoms with Crippen LogP contribution in [-0.4, -0.2) is 28.8 Å². The third kappa shape index (κ3) is 6.13. The van der Waals surface area contributed by atoms with Crippen molar-refractivity contribution in [2.24, 2.45) is 0 Å². The van der Waals surface area contributed by atoms with Crippen molar-refractivity contribution in [1.82, 2.24) is 10.2 Å². The highest BCUT2D eigenvalue weighted by Crippen LogP contribution is 2.24.